The number of fused-ring (bicyclic) bond motifs is 1. The molecule has 0 spiro atoms. The smallest absolute Gasteiger partial charge is 0.290 e. The molecule has 1 saturated heterocycles. The number of alkyl halides is 2. The predicted molar refractivity (Wildman–Crippen MR) is 116 cm³/mol. The average molecular weight is 446 g/mol. The Bertz CT molecular complexity index is 1020. The molecule has 32 heavy (non-hydrogen) atoms. The van der Waals surface area contributed by atoms with Gasteiger partial charge < -0.3 is 15.1 Å². The first-order valence-corrected chi connectivity index (χ1v) is 11.4. The first-order chi connectivity index (χ1) is 15.3. The summed E-state index contributed by atoms with van der Waals surface area (Å²) in [5.41, 5.74) is 1.26. The first-order valence-electron chi connectivity index (χ1n) is 11.4. The maximum Gasteiger partial charge on any atom is 0.290 e. The minimum atomic E-state index is -3.01. The molecule has 0 radical (unpaired) electrons. The molecule has 1 aliphatic heterocycles. The van der Waals surface area contributed by atoms with Crippen molar-refractivity contribution in [2.45, 2.75) is 69.2 Å². The number of likely N-dealkylation sites (N-methyl/N-ethyl adjacent to an activating group) is 1. The lowest BCUT2D eigenvalue weighted by Crippen LogP contribution is -2.43. The zero-order valence-corrected chi connectivity index (χ0v) is 18.5. The van der Waals surface area contributed by atoms with E-state index in [4.69, 9.17) is 0 Å². The molecule has 1 amide bonds. The second-order valence-electron chi connectivity index (χ2n) is 9.30. The summed E-state index contributed by atoms with van der Waals surface area (Å²) in [5.74, 6) is -1.51. The van der Waals surface area contributed by atoms with Gasteiger partial charge in [-0.05, 0) is 32.1 Å². The van der Waals surface area contributed by atoms with E-state index in [0.29, 0.717) is 36.1 Å². The van der Waals surface area contributed by atoms with E-state index in [2.05, 4.69) is 25.5 Å². The highest BCUT2D eigenvalue weighted by atomic mass is 19.3. The lowest BCUT2D eigenvalue weighted by atomic mass is 10.0. The molecular formula is C22H29F2N7O. The fourth-order valence-electron chi connectivity index (χ4n) is 5.17. The van der Waals surface area contributed by atoms with Gasteiger partial charge in [0.25, 0.3) is 5.92 Å². The Labute approximate surface area is 185 Å². The van der Waals surface area contributed by atoms with Gasteiger partial charge >= 0.3 is 0 Å². The summed E-state index contributed by atoms with van der Waals surface area (Å²) in [6.45, 7) is 0.558. The van der Waals surface area contributed by atoms with Crippen LogP contribution in [0.25, 0.3) is 0 Å². The zero-order chi connectivity index (χ0) is 22.5. The van der Waals surface area contributed by atoms with E-state index in [9.17, 15) is 13.6 Å². The Hall–Kier alpha value is -2.78. The Morgan fingerprint density at radius 2 is 2.00 bits per heavy atom. The summed E-state index contributed by atoms with van der Waals surface area (Å²) >= 11 is 0. The highest BCUT2D eigenvalue weighted by Crippen LogP contribution is 2.44. The molecule has 0 bridgehead atoms. The van der Waals surface area contributed by atoms with Crippen LogP contribution >= 0.6 is 0 Å². The monoisotopic (exact) mass is 445 g/mol. The Morgan fingerprint density at radius 1 is 1.22 bits per heavy atom. The third kappa shape index (κ3) is 3.69. The Morgan fingerprint density at radius 3 is 2.75 bits per heavy atom. The maximum absolute atomic E-state index is 14.7. The molecule has 0 unspecified atom stereocenters. The number of carbonyl (C=O) groups is 1. The van der Waals surface area contributed by atoms with E-state index in [1.54, 1.807) is 19.0 Å². The fourth-order valence-corrected chi connectivity index (χ4v) is 5.17. The van der Waals surface area contributed by atoms with E-state index < -0.39 is 12.0 Å². The average Bonchev–Trinajstić information content (AvgIpc) is 3.54. The quantitative estimate of drug-likeness (QED) is 0.730. The number of amides is 1. The largest absolute Gasteiger partial charge is 0.347 e. The first kappa shape index (κ1) is 21.1. The summed E-state index contributed by atoms with van der Waals surface area (Å²) in [4.78, 5) is 24.8. The lowest BCUT2D eigenvalue weighted by Gasteiger charge is -2.27. The van der Waals surface area contributed by atoms with Gasteiger partial charge in [-0.2, -0.15) is 18.9 Å². The summed E-state index contributed by atoms with van der Waals surface area (Å²) in [5, 5.41) is 10.6. The molecule has 2 aliphatic carbocycles. The molecule has 8 nitrogen and oxygen atoms in total. The molecule has 1 saturated carbocycles. The molecular weight excluding hydrogens is 416 g/mol. The number of rotatable bonds is 5. The number of carbonyl (C=O) groups excluding carboxylic acids is 1. The topological polar surface area (TPSA) is 90.0 Å². The van der Waals surface area contributed by atoms with Crippen LogP contribution in [0.15, 0.2) is 6.07 Å². The Kier molecular flexibility index (Phi) is 5.25. The molecule has 2 N–H and O–H groups in total. The van der Waals surface area contributed by atoms with Crippen molar-refractivity contribution in [1.82, 2.24) is 25.1 Å². The van der Waals surface area contributed by atoms with Crippen LogP contribution in [0.5, 0.6) is 0 Å². The number of aromatic amines is 1. The summed E-state index contributed by atoms with van der Waals surface area (Å²) in [6.07, 6.45) is 6.05. The zero-order valence-electron chi connectivity index (χ0n) is 18.5. The third-order valence-electron chi connectivity index (χ3n) is 6.91. The van der Waals surface area contributed by atoms with Crippen LogP contribution in [-0.2, 0) is 17.1 Å². The summed E-state index contributed by atoms with van der Waals surface area (Å²) in [6, 6.07) is 1.51. The van der Waals surface area contributed by atoms with Crippen molar-refractivity contribution < 1.29 is 13.6 Å². The van der Waals surface area contributed by atoms with Crippen LogP contribution in [-0.4, -0.2) is 57.7 Å². The highest BCUT2D eigenvalue weighted by molar-refractivity contribution is 5.85. The van der Waals surface area contributed by atoms with E-state index in [0.717, 1.165) is 25.0 Å². The van der Waals surface area contributed by atoms with Crippen molar-refractivity contribution in [1.29, 1.82) is 0 Å². The standard InChI is InChI=1S/C22H29F2N7O/c1-30(2)20(32)16-8-5-11-31(16)21-26-18-14(9-10-22(18,23)24)19(27-21)25-17-12-15(28-29-17)13-6-3-4-7-13/h12-13,16H,3-11H2,1-2H3,(H2,25,26,27,28,29)/t16-/m0/s1. The minimum absolute atomic E-state index is 0.0682. The van der Waals surface area contributed by atoms with Gasteiger partial charge in [-0.15, -0.1) is 0 Å². The van der Waals surface area contributed by atoms with Crippen molar-refractivity contribution in [3.05, 3.63) is 23.0 Å². The van der Waals surface area contributed by atoms with Crippen LogP contribution in [0.2, 0.25) is 0 Å². The van der Waals surface area contributed by atoms with Crippen LogP contribution in [0.3, 0.4) is 0 Å². The predicted octanol–water partition coefficient (Wildman–Crippen LogP) is 3.70. The van der Waals surface area contributed by atoms with Crippen molar-refractivity contribution >= 4 is 23.5 Å². The van der Waals surface area contributed by atoms with Crippen LogP contribution in [0.4, 0.5) is 26.4 Å². The molecule has 3 heterocycles. The van der Waals surface area contributed by atoms with Crippen LogP contribution in [0.1, 0.15) is 67.8 Å². The molecule has 172 valence electrons. The molecule has 3 aliphatic rings. The van der Waals surface area contributed by atoms with E-state index >= 15 is 0 Å². The summed E-state index contributed by atoms with van der Waals surface area (Å²) in [7, 11) is 3.39. The number of aromatic nitrogens is 4. The number of nitrogens with zero attached hydrogens (tertiary/aromatic N) is 5. The van der Waals surface area contributed by atoms with Crippen molar-refractivity contribution in [2.24, 2.45) is 0 Å². The fraction of sp³-hybridized carbons (Fsp3) is 0.636. The van der Waals surface area contributed by atoms with Crippen LogP contribution < -0.4 is 10.2 Å². The number of anilines is 3. The second-order valence-corrected chi connectivity index (χ2v) is 9.30. The normalized spacial score (nSPS) is 22.4. The lowest BCUT2D eigenvalue weighted by molar-refractivity contribution is -0.129. The van der Waals surface area contributed by atoms with Gasteiger partial charge in [-0.1, -0.05) is 12.8 Å². The van der Waals surface area contributed by atoms with Gasteiger partial charge in [-0.3, -0.25) is 9.89 Å². The number of hydrogen-bond acceptors (Lipinski definition) is 6. The van der Waals surface area contributed by atoms with Crippen molar-refractivity contribution in [2.75, 3.05) is 30.9 Å². The molecule has 5 rings (SSSR count). The van der Waals surface area contributed by atoms with Crippen molar-refractivity contribution in [3.8, 4) is 0 Å². The summed E-state index contributed by atoms with van der Waals surface area (Å²) < 4.78 is 29.4. The molecule has 0 aromatic carbocycles. The second kappa shape index (κ2) is 7.97. The third-order valence-corrected chi connectivity index (χ3v) is 6.91. The minimum Gasteiger partial charge on any atom is -0.347 e. The van der Waals surface area contributed by atoms with E-state index in [-0.39, 0.29) is 30.4 Å². The Balaban J connectivity index is 1.49. The van der Waals surface area contributed by atoms with Gasteiger partial charge in [0.1, 0.15) is 17.6 Å². The van der Waals surface area contributed by atoms with Gasteiger partial charge in [0.2, 0.25) is 11.9 Å². The molecule has 2 fully saturated rings. The van der Waals surface area contributed by atoms with Gasteiger partial charge in [0.15, 0.2) is 5.82 Å². The van der Waals surface area contributed by atoms with Crippen molar-refractivity contribution in [3.63, 3.8) is 0 Å². The number of hydrogen-bond donors (Lipinski definition) is 2. The number of halogens is 2. The van der Waals surface area contributed by atoms with Gasteiger partial charge in [0.05, 0.1) is 0 Å². The van der Waals surface area contributed by atoms with E-state index in [1.165, 1.54) is 17.7 Å². The van der Waals surface area contributed by atoms with Gasteiger partial charge in [-0.25, -0.2) is 4.98 Å². The van der Waals surface area contributed by atoms with E-state index in [1.807, 2.05) is 6.07 Å². The maximum atomic E-state index is 14.7. The SMILES string of the molecule is CN(C)C(=O)[C@@H]1CCCN1c1nc(Nc2cc(C3CCCC3)[nH]n2)c2c(n1)C(F)(F)CC2. The van der Waals surface area contributed by atoms with Crippen LogP contribution in [0, 0.1) is 0 Å². The molecule has 1 atom stereocenters. The molecule has 2 aromatic heterocycles. The van der Waals surface area contributed by atoms with Gasteiger partial charge in [0, 0.05) is 50.3 Å². The highest BCUT2D eigenvalue weighted by Gasteiger charge is 2.44. The number of H-pyrrole nitrogens is 1. The molecule has 2 aromatic rings. The molecule has 10 heteroatoms. The number of nitrogens with one attached hydrogen (secondary N) is 2.